The predicted octanol–water partition coefficient (Wildman–Crippen LogP) is 4.52. The molecule has 2 bridgehead atoms. The van der Waals surface area contributed by atoms with E-state index in [1.807, 2.05) is 30.9 Å². The molecule has 2 atom stereocenters. The largest absolute Gasteiger partial charge is 0.352 e. The number of piperazine rings is 1. The van der Waals surface area contributed by atoms with Crippen molar-refractivity contribution in [2.75, 3.05) is 24.5 Å². The van der Waals surface area contributed by atoms with Crippen molar-refractivity contribution in [1.29, 1.82) is 0 Å². The standard InChI is InChI=1S/C29H30F2N6O/c1-3-23-34-28-21(29(35-23)36-14-18-7-8-19(15-36)37(18)24(38)9-10-32)13-33-27(26(28)31)20-12-16(2)11-17-5-4-6-22(30)25(17)20/h4-6,11-13,18-19H,3,7-10,14-15,32H2,1-2H3. The molecule has 2 saturated heterocycles. The molecule has 2 aliphatic heterocycles. The summed E-state index contributed by atoms with van der Waals surface area (Å²) in [5.41, 5.74) is 7.17. The van der Waals surface area contributed by atoms with Gasteiger partial charge in [0.05, 0.1) is 5.39 Å². The van der Waals surface area contributed by atoms with Crippen LogP contribution in [-0.4, -0.2) is 57.5 Å². The number of halogens is 2. The Morgan fingerprint density at radius 3 is 2.61 bits per heavy atom. The molecule has 0 saturated carbocycles. The third kappa shape index (κ3) is 3.96. The third-order valence-electron chi connectivity index (χ3n) is 7.78. The molecule has 0 aliphatic carbocycles. The number of carbonyl (C=O) groups is 1. The van der Waals surface area contributed by atoms with E-state index >= 15 is 4.39 Å². The van der Waals surface area contributed by atoms with Crippen LogP contribution in [-0.2, 0) is 11.2 Å². The van der Waals surface area contributed by atoms with Gasteiger partial charge in [-0.05, 0) is 42.8 Å². The Hall–Kier alpha value is -3.72. The molecule has 4 aromatic rings. The van der Waals surface area contributed by atoms with E-state index < -0.39 is 11.6 Å². The second-order valence-electron chi connectivity index (χ2n) is 10.3. The molecular weight excluding hydrogens is 486 g/mol. The highest BCUT2D eigenvalue weighted by Gasteiger charge is 2.43. The number of hydrogen-bond acceptors (Lipinski definition) is 6. The summed E-state index contributed by atoms with van der Waals surface area (Å²) in [6, 6.07) is 8.62. The van der Waals surface area contributed by atoms with Crippen LogP contribution < -0.4 is 10.6 Å². The van der Waals surface area contributed by atoms with Gasteiger partial charge in [0.15, 0.2) is 5.82 Å². The second-order valence-corrected chi connectivity index (χ2v) is 10.3. The average molecular weight is 517 g/mol. The maximum atomic E-state index is 16.3. The molecule has 2 aromatic heterocycles. The molecule has 38 heavy (non-hydrogen) atoms. The van der Waals surface area contributed by atoms with Gasteiger partial charge >= 0.3 is 0 Å². The van der Waals surface area contributed by atoms with Crippen LogP contribution in [0.15, 0.2) is 36.5 Å². The smallest absolute Gasteiger partial charge is 0.224 e. The van der Waals surface area contributed by atoms with E-state index in [1.165, 1.54) is 6.07 Å². The number of hydrogen-bond donors (Lipinski definition) is 1. The lowest BCUT2D eigenvalue weighted by Gasteiger charge is -2.42. The number of aromatic nitrogens is 3. The van der Waals surface area contributed by atoms with Crippen molar-refractivity contribution in [2.45, 2.75) is 51.6 Å². The van der Waals surface area contributed by atoms with Crippen LogP contribution >= 0.6 is 0 Å². The summed E-state index contributed by atoms with van der Waals surface area (Å²) in [5.74, 6) is 0.242. The molecular formula is C29H30F2N6O. The average Bonchev–Trinajstić information content (AvgIpc) is 3.17. The Bertz CT molecular complexity index is 1560. The summed E-state index contributed by atoms with van der Waals surface area (Å²) in [6.07, 6.45) is 4.32. The van der Waals surface area contributed by atoms with Gasteiger partial charge in [-0.15, -0.1) is 0 Å². The number of nitrogens with zero attached hydrogens (tertiary/aromatic N) is 5. The number of nitrogens with two attached hydrogens (primary N) is 1. The molecule has 7 nitrogen and oxygen atoms in total. The van der Waals surface area contributed by atoms with E-state index in [9.17, 15) is 9.18 Å². The van der Waals surface area contributed by atoms with Crippen molar-refractivity contribution in [3.05, 3.63) is 59.6 Å². The van der Waals surface area contributed by atoms with Crippen molar-refractivity contribution in [3.63, 3.8) is 0 Å². The van der Waals surface area contributed by atoms with Gasteiger partial charge in [0.25, 0.3) is 0 Å². The molecule has 6 rings (SSSR count). The minimum atomic E-state index is -0.587. The number of benzene rings is 2. The number of rotatable bonds is 5. The molecule has 2 fully saturated rings. The molecule has 1 amide bonds. The first kappa shape index (κ1) is 24.6. The maximum absolute atomic E-state index is 16.3. The molecule has 2 N–H and O–H groups in total. The lowest BCUT2D eigenvalue weighted by atomic mass is 9.97. The zero-order valence-electron chi connectivity index (χ0n) is 21.5. The van der Waals surface area contributed by atoms with E-state index in [-0.39, 0.29) is 29.2 Å². The fraction of sp³-hybridized carbons (Fsp3) is 0.379. The van der Waals surface area contributed by atoms with Gasteiger partial charge in [-0.3, -0.25) is 9.78 Å². The van der Waals surface area contributed by atoms with Gasteiger partial charge in [0.2, 0.25) is 5.91 Å². The van der Waals surface area contributed by atoms with Crippen molar-refractivity contribution in [2.24, 2.45) is 5.73 Å². The van der Waals surface area contributed by atoms with Crippen LogP contribution in [0.3, 0.4) is 0 Å². The molecule has 9 heteroatoms. The van der Waals surface area contributed by atoms with Crippen LogP contribution in [0.25, 0.3) is 32.9 Å². The van der Waals surface area contributed by atoms with Gasteiger partial charge in [-0.1, -0.05) is 25.1 Å². The molecule has 196 valence electrons. The summed E-state index contributed by atoms with van der Waals surface area (Å²) in [7, 11) is 0. The fourth-order valence-electron chi connectivity index (χ4n) is 6.13. The van der Waals surface area contributed by atoms with Crippen LogP contribution in [0.1, 0.15) is 37.6 Å². The zero-order chi connectivity index (χ0) is 26.6. The van der Waals surface area contributed by atoms with Crippen molar-refractivity contribution < 1.29 is 13.6 Å². The summed E-state index contributed by atoms with van der Waals surface area (Å²) in [4.78, 5) is 30.7. The van der Waals surface area contributed by atoms with E-state index in [0.717, 1.165) is 18.4 Å². The highest BCUT2D eigenvalue weighted by Crippen LogP contribution is 2.38. The number of pyridine rings is 1. The molecule has 2 unspecified atom stereocenters. The first-order chi connectivity index (χ1) is 18.4. The number of amides is 1. The molecule has 0 spiro atoms. The first-order valence-corrected chi connectivity index (χ1v) is 13.2. The van der Waals surface area contributed by atoms with Crippen LogP contribution in [0.2, 0.25) is 0 Å². The monoisotopic (exact) mass is 516 g/mol. The number of anilines is 1. The zero-order valence-corrected chi connectivity index (χ0v) is 21.5. The maximum Gasteiger partial charge on any atom is 0.224 e. The van der Waals surface area contributed by atoms with Crippen LogP contribution in [0, 0.1) is 18.6 Å². The van der Waals surface area contributed by atoms with Gasteiger partial charge in [0, 0.05) is 61.7 Å². The van der Waals surface area contributed by atoms with E-state index in [4.69, 9.17) is 10.7 Å². The SMILES string of the molecule is CCc1nc(N2CC3CCC(C2)N3C(=O)CCN)c2cnc(-c3cc(C)cc4cccc(F)c34)c(F)c2n1. The topological polar surface area (TPSA) is 88.2 Å². The highest BCUT2D eigenvalue weighted by molar-refractivity contribution is 5.99. The van der Waals surface area contributed by atoms with Crippen molar-refractivity contribution in [1.82, 2.24) is 19.9 Å². The Balaban J connectivity index is 1.47. The fourth-order valence-corrected chi connectivity index (χ4v) is 6.13. The predicted molar refractivity (Wildman–Crippen MR) is 144 cm³/mol. The molecule has 2 aromatic carbocycles. The summed E-state index contributed by atoms with van der Waals surface area (Å²) in [5, 5.41) is 1.54. The van der Waals surface area contributed by atoms with Gasteiger partial charge in [0.1, 0.15) is 28.7 Å². The van der Waals surface area contributed by atoms with Crippen molar-refractivity contribution in [3.8, 4) is 11.3 Å². The van der Waals surface area contributed by atoms with Crippen LogP contribution in [0.5, 0.6) is 0 Å². The number of fused-ring (bicyclic) bond motifs is 4. The first-order valence-electron chi connectivity index (χ1n) is 13.2. The van der Waals surface area contributed by atoms with Gasteiger partial charge in [-0.25, -0.2) is 18.7 Å². The van der Waals surface area contributed by atoms with E-state index in [2.05, 4.69) is 14.9 Å². The normalized spacial score (nSPS) is 19.1. The van der Waals surface area contributed by atoms with E-state index in [0.29, 0.717) is 65.8 Å². The van der Waals surface area contributed by atoms with Gasteiger partial charge < -0.3 is 15.5 Å². The van der Waals surface area contributed by atoms with Gasteiger partial charge in [-0.2, -0.15) is 0 Å². The quantitative estimate of drug-likeness (QED) is 0.420. The molecule has 2 aliphatic rings. The number of carbonyl (C=O) groups excluding carboxylic acids is 1. The molecule has 0 radical (unpaired) electrons. The Morgan fingerprint density at radius 2 is 1.89 bits per heavy atom. The number of aryl methyl sites for hydroxylation is 2. The van der Waals surface area contributed by atoms with Crippen molar-refractivity contribution >= 4 is 33.4 Å². The minimum Gasteiger partial charge on any atom is -0.352 e. The Morgan fingerprint density at radius 1 is 1.13 bits per heavy atom. The second kappa shape index (κ2) is 9.54. The Kier molecular flexibility index (Phi) is 6.18. The highest BCUT2D eigenvalue weighted by atomic mass is 19.1. The molecule has 4 heterocycles. The summed E-state index contributed by atoms with van der Waals surface area (Å²) in [6.45, 7) is 5.39. The minimum absolute atomic E-state index is 0.0697. The lowest BCUT2D eigenvalue weighted by molar-refractivity contribution is -0.134. The van der Waals surface area contributed by atoms with E-state index in [1.54, 1.807) is 18.3 Å². The summed E-state index contributed by atoms with van der Waals surface area (Å²) >= 11 is 0. The lowest BCUT2D eigenvalue weighted by Crippen LogP contribution is -2.56. The third-order valence-corrected chi connectivity index (χ3v) is 7.78. The Labute approximate surface area is 219 Å². The summed E-state index contributed by atoms with van der Waals surface area (Å²) < 4.78 is 31.2. The van der Waals surface area contributed by atoms with Crippen LogP contribution in [0.4, 0.5) is 14.6 Å².